The quantitative estimate of drug-likeness (QED) is 0.344. The molecule has 31 heavy (non-hydrogen) atoms. The van der Waals surface area contributed by atoms with E-state index in [0.29, 0.717) is 32.1 Å². The number of ketones is 1. The van der Waals surface area contributed by atoms with E-state index < -0.39 is 24.1 Å². The van der Waals surface area contributed by atoms with Crippen molar-refractivity contribution in [1.29, 1.82) is 0 Å². The van der Waals surface area contributed by atoms with Gasteiger partial charge in [0.2, 0.25) is 0 Å². The Morgan fingerprint density at radius 1 is 1.03 bits per heavy atom. The van der Waals surface area contributed by atoms with Gasteiger partial charge in [0.25, 0.3) is 0 Å². The first-order valence-corrected chi connectivity index (χ1v) is 11.2. The van der Waals surface area contributed by atoms with E-state index in [9.17, 15) is 19.8 Å². The summed E-state index contributed by atoms with van der Waals surface area (Å²) in [4.78, 5) is 23.3. The van der Waals surface area contributed by atoms with Crippen LogP contribution in [0.1, 0.15) is 57.1 Å². The van der Waals surface area contributed by atoms with Crippen molar-refractivity contribution in [3.8, 4) is 0 Å². The van der Waals surface area contributed by atoms with E-state index >= 15 is 0 Å². The molecular formula is C25H32O6. The number of furan rings is 1. The molecule has 4 atom stereocenters. The topological polar surface area (TPSA) is 108 Å². The molecule has 2 unspecified atom stereocenters. The first-order valence-electron chi connectivity index (χ1n) is 11.2. The lowest BCUT2D eigenvalue weighted by molar-refractivity contribution is -0.137. The molecule has 1 aromatic heterocycles. The number of aliphatic carboxylic acids is 1. The van der Waals surface area contributed by atoms with Gasteiger partial charge in [-0.15, -0.1) is 0 Å². The van der Waals surface area contributed by atoms with Gasteiger partial charge in [0, 0.05) is 42.9 Å². The molecule has 1 aliphatic carbocycles. The van der Waals surface area contributed by atoms with Crippen LogP contribution in [0.4, 0.5) is 0 Å². The lowest BCUT2D eigenvalue weighted by Crippen LogP contribution is -2.29. The molecule has 0 saturated heterocycles. The average Bonchev–Trinajstić information content (AvgIpc) is 3.27. The van der Waals surface area contributed by atoms with Crippen LogP contribution in [-0.4, -0.2) is 39.3 Å². The van der Waals surface area contributed by atoms with Gasteiger partial charge in [-0.3, -0.25) is 9.59 Å². The minimum Gasteiger partial charge on any atom is -0.481 e. The Morgan fingerprint density at radius 3 is 2.61 bits per heavy atom. The summed E-state index contributed by atoms with van der Waals surface area (Å²) in [6.45, 7) is 0. The molecule has 6 heteroatoms. The van der Waals surface area contributed by atoms with Gasteiger partial charge in [0.15, 0.2) is 0 Å². The highest BCUT2D eigenvalue weighted by molar-refractivity contribution is 5.82. The van der Waals surface area contributed by atoms with Crippen LogP contribution in [0.5, 0.6) is 0 Å². The molecule has 0 radical (unpaired) electrons. The zero-order valence-corrected chi connectivity index (χ0v) is 17.8. The van der Waals surface area contributed by atoms with E-state index in [2.05, 4.69) is 0 Å². The highest BCUT2D eigenvalue weighted by Crippen LogP contribution is 2.37. The van der Waals surface area contributed by atoms with Gasteiger partial charge in [-0.1, -0.05) is 30.4 Å². The van der Waals surface area contributed by atoms with Gasteiger partial charge in [-0.25, -0.2) is 0 Å². The summed E-state index contributed by atoms with van der Waals surface area (Å²) in [5.41, 5.74) is 0.871. The number of aliphatic hydroxyl groups excluding tert-OH is 2. The number of para-hydroxylation sites is 1. The Hall–Kier alpha value is -2.44. The van der Waals surface area contributed by atoms with E-state index in [0.717, 1.165) is 29.6 Å². The molecule has 3 rings (SSSR count). The lowest BCUT2D eigenvalue weighted by Gasteiger charge is -2.21. The van der Waals surface area contributed by atoms with Crippen molar-refractivity contribution in [2.75, 3.05) is 0 Å². The highest BCUT2D eigenvalue weighted by atomic mass is 16.4. The van der Waals surface area contributed by atoms with Gasteiger partial charge < -0.3 is 19.7 Å². The largest absolute Gasteiger partial charge is 0.481 e. The number of allylic oxidation sites excluding steroid dienone is 2. The molecule has 168 valence electrons. The maximum atomic E-state index is 12.8. The molecule has 3 N–H and O–H groups in total. The molecule has 1 saturated carbocycles. The number of benzene rings is 1. The molecule has 1 heterocycles. The van der Waals surface area contributed by atoms with Crippen molar-refractivity contribution in [1.82, 2.24) is 0 Å². The second-order valence-electron chi connectivity index (χ2n) is 8.48. The minimum atomic E-state index is -0.811. The van der Waals surface area contributed by atoms with Crippen LogP contribution in [-0.2, 0) is 16.0 Å². The third kappa shape index (κ3) is 6.52. The van der Waals surface area contributed by atoms with Crippen molar-refractivity contribution in [3.63, 3.8) is 0 Å². The zero-order valence-electron chi connectivity index (χ0n) is 17.8. The molecular weight excluding hydrogens is 396 g/mol. The van der Waals surface area contributed by atoms with Crippen LogP contribution < -0.4 is 0 Å². The minimum absolute atomic E-state index is 0.0120. The molecule has 2 aromatic rings. The fraction of sp³-hybridized carbons (Fsp3) is 0.520. The number of hydrogen-bond acceptors (Lipinski definition) is 5. The van der Waals surface area contributed by atoms with Gasteiger partial charge in [0.1, 0.15) is 17.1 Å². The summed E-state index contributed by atoms with van der Waals surface area (Å²) in [5, 5.41) is 30.4. The number of fused-ring (bicyclic) bond motifs is 1. The fourth-order valence-electron chi connectivity index (χ4n) is 4.52. The third-order valence-electron chi connectivity index (χ3n) is 6.13. The maximum absolute atomic E-state index is 12.8. The van der Waals surface area contributed by atoms with E-state index in [1.54, 1.807) is 0 Å². The van der Waals surface area contributed by atoms with Crippen molar-refractivity contribution in [3.05, 3.63) is 48.2 Å². The summed E-state index contributed by atoms with van der Waals surface area (Å²) in [6, 6.07) is 9.91. The number of hydrogen-bond donors (Lipinski definition) is 3. The van der Waals surface area contributed by atoms with Gasteiger partial charge in [0.05, 0.1) is 12.2 Å². The Morgan fingerprint density at radius 2 is 1.84 bits per heavy atom. The van der Waals surface area contributed by atoms with E-state index in [1.165, 1.54) is 0 Å². The van der Waals surface area contributed by atoms with Gasteiger partial charge in [-0.05, 0) is 44.2 Å². The summed E-state index contributed by atoms with van der Waals surface area (Å²) >= 11 is 0. The molecule has 0 bridgehead atoms. The third-order valence-corrected chi connectivity index (χ3v) is 6.13. The number of carbonyl (C=O) groups excluding carboxylic acids is 1. The molecule has 1 aliphatic rings. The van der Waals surface area contributed by atoms with Crippen LogP contribution in [0.25, 0.3) is 11.0 Å². The van der Waals surface area contributed by atoms with Crippen LogP contribution in [0.15, 0.2) is 46.9 Å². The lowest BCUT2D eigenvalue weighted by atomic mass is 9.85. The van der Waals surface area contributed by atoms with Crippen molar-refractivity contribution in [2.24, 2.45) is 11.8 Å². The predicted octanol–water partition coefficient (Wildman–Crippen LogP) is 4.27. The number of carboxylic acids is 1. The Balaban J connectivity index is 1.44. The van der Waals surface area contributed by atoms with Crippen molar-refractivity contribution >= 4 is 22.7 Å². The van der Waals surface area contributed by atoms with Crippen LogP contribution in [0.2, 0.25) is 0 Å². The van der Waals surface area contributed by atoms with Crippen LogP contribution in [0.3, 0.4) is 0 Å². The first kappa shape index (κ1) is 23.2. The Kier molecular flexibility index (Phi) is 8.43. The molecule has 0 aliphatic heterocycles. The monoisotopic (exact) mass is 428 g/mol. The number of aliphatic hydroxyl groups is 2. The number of aryl methyl sites for hydroxylation is 1. The van der Waals surface area contributed by atoms with Gasteiger partial charge in [-0.2, -0.15) is 0 Å². The number of carboxylic acid groups (broad SMARTS) is 1. The molecule has 6 nitrogen and oxygen atoms in total. The van der Waals surface area contributed by atoms with Crippen LogP contribution in [0, 0.1) is 11.8 Å². The first-order chi connectivity index (χ1) is 15.0. The molecule has 0 spiro atoms. The summed E-state index contributed by atoms with van der Waals surface area (Å²) in [5.74, 6) is -0.707. The standard InChI is InChI=1S/C25H32O6/c26-20(12-7-6-10-18-15-17-9-5-8-13-23(17)31-18)25-19(21(27)16-22(25)28)11-3-1-2-4-14-24(29)30/h1,3,5,8-9,13,15,19,21-22,25,27-28H,2,4,6-7,10-12,14,16H2,(H,29,30)/t19?,21-,22+,25?/m0/s1. The highest BCUT2D eigenvalue weighted by Gasteiger charge is 2.44. The maximum Gasteiger partial charge on any atom is 0.303 e. The van der Waals surface area contributed by atoms with Crippen LogP contribution >= 0.6 is 0 Å². The number of rotatable bonds is 12. The number of carbonyl (C=O) groups is 2. The second-order valence-corrected chi connectivity index (χ2v) is 8.48. The molecule has 0 amide bonds. The second kappa shape index (κ2) is 11.3. The van der Waals surface area contributed by atoms with E-state index in [1.807, 2.05) is 42.5 Å². The van der Waals surface area contributed by atoms with E-state index in [-0.39, 0.29) is 24.5 Å². The Labute approximate surface area is 182 Å². The number of unbranched alkanes of at least 4 members (excludes halogenated alkanes) is 2. The smallest absolute Gasteiger partial charge is 0.303 e. The van der Waals surface area contributed by atoms with E-state index in [4.69, 9.17) is 9.52 Å². The van der Waals surface area contributed by atoms with Crippen molar-refractivity contribution < 1.29 is 29.3 Å². The van der Waals surface area contributed by atoms with Gasteiger partial charge >= 0.3 is 5.97 Å². The average molecular weight is 429 g/mol. The fourth-order valence-corrected chi connectivity index (χ4v) is 4.52. The molecule has 1 fully saturated rings. The summed E-state index contributed by atoms with van der Waals surface area (Å²) in [7, 11) is 0. The predicted molar refractivity (Wildman–Crippen MR) is 118 cm³/mol. The molecule has 1 aromatic carbocycles. The van der Waals surface area contributed by atoms with Crippen molar-refractivity contribution in [2.45, 2.75) is 70.0 Å². The Bertz CT molecular complexity index is 865. The zero-order chi connectivity index (χ0) is 22.2. The number of Topliss-reactive ketones (excluding diaryl/α,β-unsaturated/α-hetero) is 1. The summed E-state index contributed by atoms with van der Waals surface area (Å²) < 4.78 is 5.81. The SMILES string of the molecule is O=C(O)CCCC=CCC1C(C(=O)CCCCc2cc3ccccc3o2)[C@H](O)C[C@@H]1O. The normalized spacial score (nSPS) is 23.7. The summed E-state index contributed by atoms with van der Waals surface area (Å²) in [6.07, 6.45) is 7.08.